The summed E-state index contributed by atoms with van der Waals surface area (Å²) in [5, 5.41) is 1.33. The molecule has 2 N–H and O–H groups in total. The second kappa shape index (κ2) is 6.00. The average molecular weight is 323 g/mol. The van der Waals surface area contributed by atoms with Crippen LogP contribution in [0.4, 0.5) is 17.2 Å². The highest BCUT2D eigenvalue weighted by atomic mass is 35.5. The average Bonchev–Trinajstić information content (AvgIpc) is 2.48. The van der Waals surface area contributed by atoms with Crippen molar-refractivity contribution in [1.82, 2.24) is 4.98 Å². The van der Waals surface area contributed by atoms with Crippen LogP contribution in [0.25, 0.3) is 0 Å². The molecule has 1 aliphatic rings. The van der Waals surface area contributed by atoms with E-state index >= 15 is 0 Å². The number of halogens is 2. The maximum Gasteiger partial charge on any atom is 0.151 e. The summed E-state index contributed by atoms with van der Waals surface area (Å²) in [5.41, 5.74) is 7.82. The van der Waals surface area contributed by atoms with Gasteiger partial charge in [-0.2, -0.15) is 0 Å². The lowest BCUT2D eigenvalue weighted by molar-refractivity contribution is 0.648. The number of anilines is 3. The zero-order valence-corrected chi connectivity index (χ0v) is 13.0. The number of nitrogens with two attached hydrogens (primary N) is 1. The van der Waals surface area contributed by atoms with Crippen LogP contribution in [-0.2, 0) is 0 Å². The van der Waals surface area contributed by atoms with Crippen molar-refractivity contribution in [2.24, 2.45) is 0 Å². The quantitative estimate of drug-likeness (QED) is 0.921. The number of nitrogens with zero attached hydrogens (tertiary/aromatic N) is 3. The van der Waals surface area contributed by atoms with Gasteiger partial charge in [0.05, 0.1) is 10.7 Å². The Morgan fingerprint density at radius 3 is 2.14 bits per heavy atom. The summed E-state index contributed by atoms with van der Waals surface area (Å²) in [6.45, 7) is 3.60. The van der Waals surface area contributed by atoms with Gasteiger partial charge in [0.25, 0.3) is 0 Å². The summed E-state index contributed by atoms with van der Waals surface area (Å²) >= 11 is 11.8. The predicted octanol–water partition coefficient (Wildman–Crippen LogP) is 3.30. The van der Waals surface area contributed by atoms with Gasteiger partial charge in [0.1, 0.15) is 0 Å². The van der Waals surface area contributed by atoms with Gasteiger partial charge in [-0.25, -0.2) is 4.98 Å². The fourth-order valence-electron chi connectivity index (χ4n) is 2.54. The molecule has 1 fully saturated rings. The van der Waals surface area contributed by atoms with Crippen molar-refractivity contribution in [2.75, 3.05) is 41.7 Å². The molecule has 0 atom stereocenters. The molecule has 0 radical (unpaired) electrons. The molecule has 1 aliphatic heterocycles. The minimum atomic E-state index is 0.566. The Kier molecular flexibility index (Phi) is 4.08. The van der Waals surface area contributed by atoms with E-state index in [9.17, 15) is 0 Å². The Labute approximate surface area is 134 Å². The largest absolute Gasteiger partial charge is 0.396 e. The van der Waals surface area contributed by atoms with E-state index in [4.69, 9.17) is 28.9 Å². The third-order valence-electron chi connectivity index (χ3n) is 3.63. The molecular weight excluding hydrogens is 307 g/mol. The van der Waals surface area contributed by atoms with Gasteiger partial charge >= 0.3 is 0 Å². The van der Waals surface area contributed by atoms with Gasteiger partial charge in [-0.3, -0.25) is 0 Å². The van der Waals surface area contributed by atoms with Crippen molar-refractivity contribution in [3.05, 3.63) is 46.6 Å². The molecule has 0 bridgehead atoms. The highest BCUT2D eigenvalue weighted by Crippen LogP contribution is 2.26. The summed E-state index contributed by atoms with van der Waals surface area (Å²) in [4.78, 5) is 8.87. The number of hydrogen-bond donors (Lipinski definition) is 1. The summed E-state index contributed by atoms with van der Waals surface area (Å²) in [7, 11) is 0. The number of rotatable bonds is 2. The molecule has 0 saturated carbocycles. The minimum absolute atomic E-state index is 0.566. The van der Waals surface area contributed by atoms with E-state index in [0.717, 1.165) is 37.0 Å². The van der Waals surface area contributed by atoms with Gasteiger partial charge in [0.2, 0.25) is 0 Å². The van der Waals surface area contributed by atoms with Gasteiger partial charge in [-0.15, -0.1) is 0 Å². The van der Waals surface area contributed by atoms with Gasteiger partial charge in [0, 0.05) is 43.1 Å². The molecule has 0 aliphatic carbocycles. The molecule has 1 saturated heterocycles. The first-order valence-electron chi connectivity index (χ1n) is 6.80. The van der Waals surface area contributed by atoms with Gasteiger partial charge < -0.3 is 15.5 Å². The Hall–Kier alpha value is -1.65. The van der Waals surface area contributed by atoms with E-state index in [1.54, 1.807) is 12.3 Å². The van der Waals surface area contributed by atoms with Crippen LogP contribution in [0.15, 0.2) is 36.5 Å². The molecular formula is C15H16Cl2N4. The van der Waals surface area contributed by atoms with Crippen LogP contribution in [-0.4, -0.2) is 31.2 Å². The smallest absolute Gasteiger partial charge is 0.151 e. The SMILES string of the molecule is Nc1cc(Cl)cnc1N1CCN(c2ccc(Cl)cc2)CC1. The predicted molar refractivity (Wildman–Crippen MR) is 89.5 cm³/mol. The van der Waals surface area contributed by atoms with Crippen molar-refractivity contribution in [1.29, 1.82) is 0 Å². The Morgan fingerprint density at radius 1 is 0.905 bits per heavy atom. The summed E-state index contributed by atoms with van der Waals surface area (Å²) < 4.78 is 0. The van der Waals surface area contributed by atoms with Crippen molar-refractivity contribution >= 4 is 40.4 Å². The zero-order chi connectivity index (χ0) is 14.8. The third-order valence-corrected chi connectivity index (χ3v) is 4.09. The standard InChI is InChI=1S/C15H16Cl2N4/c16-11-1-3-13(4-2-11)20-5-7-21(8-6-20)15-14(18)9-12(17)10-19-15/h1-4,9-10H,5-8,18H2. The van der Waals surface area contributed by atoms with Gasteiger partial charge in [-0.05, 0) is 30.3 Å². The van der Waals surface area contributed by atoms with Crippen molar-refractivity contribution in [3.63, 3.8) is 0 Å². The number of hydrogen-bond acceptors (Lipinski definition) is 4. The summed E-state index contributed by atoms with van der Waals surface area (Å²) in [5.74, 6) is 0.815. The van der Waals surface area contributed by atoms with Crippen LogP contribution in [0.1, 0.15) is 0 Å². The molecule has 2 aromatic rings. The molecule has 0 spiro atoms. The number of benzene rings is 1. The normalized spacial score (nSPS) is 15.3. The van der Waals surface area contributed by atoms with E-state index in [-0.39, 0.29) is 0 Å². The molecule has 0 unspecified atom stereocenters. The second-order valence-corrected chi connectivity index (χ2v) is 5.89. The molecule has 3 rings (SSSR count). The molecule has 21 heavy (non-hydrogen) atoms. The van der Waals surface area contributed by atoms with Crippen molar-refractivity contribution in [3.8, 4) is 0 Å². The first-order valence-corrected chi connectivity index (χ1v) is 7.55. The first-order chi connectivity index (χ1) is 10.1. The van der Waals surface area contributed by atoms with Crippen LogP contribution in [0.5, 0.6) is 0 Å². The van der Waals surface area contributed by atoms with E-state index in [0.29, 0.717) is 10.7 Å². The van der Waals surface area contributed by atoms with E-state index in [2.05, 4.69) is 14.8 Å². The maximum absolute atomic E-state index is 6.00. The van der Waals surface area contributed by atoms with Crippen molar-refractivity contribution < 1.29 is 0 Å². The highest BCUT2D eigenvalue weighted by Gasteiger charge is 2.20. The number of piperazine rings is 1. The second-order valence-electron chi connectivity index (χ2n) is 5.02. The number of pyridine rings is 1. The Bertz CT molecular complexity index is 622. The van der Waals surface area contributed by atoms with E-state index in [1.165, 1.54) is 5.69 Å². The molecule has 6 heteroatoms. The third kappa shape index (κ3) is 3.17. The van der Waals surface area contributed by atoms with Crippen LogP contribution in [0.3, 0.4) is 0 Å². The van der Waals surface area contributed by atoms with Crippen LogP contribution in [0, 0.1) is 0 Å². The topological polar surface area (TPSA) is 45.4 Å². The number of nitrogen functional groups attached to an aromatic ring is 1. The lowest BCUT2D eigenvalue weighted by Gasteiger charge is -2.37. The summed E-state index contributed by atoms with van der Waals surface area (Å²) in [6, 6.07) is 9.68. The zero-order valence-electron chi connectivity index (χ0n) is 11.5. The summed E-state index contributed by atoms with van der Waals surface area (Å²) in [6.07, 6.45) is 1.64. The van der Waals surface area contributed by atoms with E-state index < -0.39 is 0 Å². The maximum atomic E-state index is 6.00. The monoisotopic (exact) mass is 322 g/mol. The first kappa shape index (κ1) is 14.3. The number of aromatic nitrogens is 1. The van der Waals surface area contributed by atoms with Crippen LogP contribution in [0.2, 0.25) is 10.0 Å². The lowest BCUT2D eigenvalue weighted by atomic mass is 10.2. The molecule has 1 aromatic carbocycles. The van der Waals surface area contributed by atoms with E-state index in [1.807, 2.05) is 24.3 Å². The Morgan fingerprint density at radius 2 is 1.52 bits per heavy atom. The highest BCUT2D eigenvalue weighted by molar-refractivity contribution is 6.31. The minimum Gasteiger partial charge on any atom is -0.396 e. The van der Waals surface area contributed by atoms with Gasteiger partial charge in [0.15, 0.2) is 5.82 Å². The van der Waals surface area contributed by atoms with Crippen LogP contribution >= 0.6 is 23.2 Å². The fraction of sp³-hybridized carbons (Fsp3) is 0.267. The van der Waals surface area contributed by atoms with Crippen molar-refractivity contribution in [2.45, 2.75) is 0 Å². The van der Waals surface area contributed by atoms with Crippen LogP contribution < -0.4 is 15.5 Å². The molecule has 4 nitrogen and oxygen atoms in total. The molecule has 110 valence electrons. The molecule has 0 amide bonds. The molecule has 2 heterocycles. The molecule has 1 aromatic heterocycles. The lowest BCUT2D eigenvalue weighted by Crippen LogP contribution is -2.47. The van der Waals surface area contributed by atoms with Gasteiger partial charge in [-0.1, -0.05) is 23.2 Å². The fourth-order valence-corrected chi connectivity index (χ4v) is 2.83. The Balaban J connectivity index is 1.68.